The smallest absolute Gasteiger partial charge is 0.237 e. The molecule has 0 aliphatic heterocycles. The molecule has 4 heteroatoms. The van der Waals surface area contributed by atoms with Crippen LogP contribution in [-0.4, -0.2) is 25.0 Å². The molecule has 0 saturated carbocycles. The van der Waals surface area contributed by atoms with E-state index in [1.54, 1.807) is 0 Å². The lowest BCUT2D eigenvalue weighted by atomic mass is 9.87. The molecule has 1 atom stereocenters. The van der Waals surface area contributed by atoms with Crippen LogP contribution < -0.4 is 16.8 Å². The minimum Gasteiger partial charge on any atom is -0.355 e. The van der Waals surface area contributed by atoms with Crippen molar-refractivity contribution in [2.45, 2.75) is 33.2 Å². The molecule has 0 fully saturated rings. The summed E-state index contributed by atoms with van der Waals surface area (Å²) in [5, 5.41) is 2.75. The molecule has 0 spiro atoms. The SMILES string of the molecule is CC(C)(C)C(N)C(=O)NCCCN. The van der Waals surface area contributed by atoms with Crippen LogP contribution in [0.15, 0.2) is 0 Å². The number of hydrogen-bond donors (Lipinski definition) is 3. The first-order valence-corrected chi connectivity index (χ1v) is 4.63. The van der Waals surface area contributed by atoms with Gasteiger partial charge in [-0.2, -0.15) is 0 Å². The van der Waals surface area contributed by atoms with Crippen LogP contribution >= 0.6 is 0 Å². The highest BCUT2D eigenvalue weighted by atomic mass is 16.2. The molecule has 0 aromatic carbocycles. The Morgan fingerprint density at radius 2 is 2.00 bits per heavy atom. The predicted molar refractivity (Wildman–Crippen MR) is 54.1 cm³/mol. The van der Waals surface area contributed by atoms with Gasteiger partial charge in [0.1, 0.15) is 0 Å². The number of nitrogens with one attached hydrogen (secondary N) is 1. The van der Waals surface area contributed by atoms with Gasteiger partial charge in [-0.25, -0.2) is 0 Å². The highest BCUT2D eigenvalue weighted by Gasteiger charge is 2.26. The van der Waals surface area contributed by atoms with Crippen molar-refractivity contribution in [2.24, 2.45) is 16.9 Å². The number of carbonyl (C=O) groups excluding carboxylic acids is 1. The Morgan fingerprint density at radius 3 is 2.38 bits per heavy atom. The molecule has 0 aromatic rings. The summed E-state index contributed by atoms with van der Waals surface area (Å²) in [6.45, 7) is 7.03. The molecule has 5 N–H and O–H groups in total. The van der Waals surface area contributed by atoms with Gasteiger partial charge in [-0.05, 0) is 18.4 Å². The largest absolute Gasteiger partial charge is 0.355 e. The highest BCUT2D eigenvalue weighted by Crippen LogP contribution is 2.16. The van der Waals surface area contributed by atoms with Crippen molar-refractivity contribution in [3.63, 3.8) is 0 Å². The zero-order valence-electron chi connectivity index (χ0n) is 8.76. The van der Waals surface area contributed by atoms with E-state index in [9.17, 15) is 4.79 Å². The van der Waals surface area contributed by atoms with Gasteiger partial charge in [-0.1, -0.05) is 20.8 Å². The topological polar surface area (TPSA) is 81.1 Å². The molecule has 1 amide bonds. The normalized spacial score (nSPS) is 13.9. The molecule has 0 aromatic heterocycles. The lowest BCUT2D eigenvalue weighted by Gasteiger charge is -2.25. The zero-order valence-corrected chi connectivity index (χ0v) is 8.76. The van der Waals surface area contributed by atoms with Crippen LogP contribution in [0.25, 0.3) is 0 Å². The molecule has 0 saturated heterocycles. The van der Waals surface area contributed by atoms with Gasteiger partial charge in [0.15, 0.2) is 0 Å². The maximum absolute atomic E-state index is 11.4. The van der Waals surface area contributed by atoms with Crippen molar-refractivity contribution in [3.05, 3.63) is 0 Å². The summed E-state index contributed by atoms with van der Waals surface area (Å²) < 4.78 is 0. The van der Waals surface area contributed by atoms with E-state index in [-0.39, 0.29) is 11.3 Å². The van der Waals surface area contributed by atoms with Crippen molar-refractivity contribution in [2.75, 3.05) is 13.1 Å². The Morgan fingerprint density at radius 1 is 1.46 bits per heavy atom. The molecule has 0 aliphatic rings. The van der Waals surface area contributed by atoms with E-state index in [0.717, 1.165) is 6.42 Å². The van der Waals surface area contributed by atoms with E-state index in [2.05, 4.69) is 5.32 Å². The van der Waals surface area contributed by atoms with Gasteiger partial charge in [-0.3, -0.25) is 4.79 Å². The molecule has 0 radical (unpaired) electrons. The van der Waals surface area contributed by atoms with E-state index >= 15 is 0 Å². The molecule has 1 unspecified atom stereocenters. The third-order valence-electron chi connectivity index (χ3n) is 1.90. The fraction of sp³-hybridized carbons (Fsp3) is 0.889. The van der Waals surface area contributed by atoms with Crippen molar-refractivity contribution >= 4 is 5.91 Å². The molecule has 78 valence electrons. The zero-order chi connectivity index (χ0) is 10.5. The second-order valence-corrected chi connectivity index (χ2v) is 4.28. The van der Waals surface area contributed by atoms with E-state index in [4.69, 9.17) is 11.5 Å². The van der Waals surface area contributed by atoms with E-state index in [1.165, 1.54) is 0 Å². The first kappa shape index (κ1) is 12.4. The number of hydrogen-bond acceptors (Lipinski definition) is 3. The number of rotatable bonds is 4. The molecule has 0 heterocycles. The number of carbonyl (C=O) groups is 1. The summed E-state index contributed by atoms with van der Waals surface area (Å²) in [5.41, 5.74) is 10.8. The number of nitrogens with two attached hydrogens (primary N) is 2. The summed E-state index contributed by atoms with van der Waals surface area (Å²) in [7, 11) is 0. The Labute approximate surface area is 80.0 Å². The summed E-state index contributed by atoms with van der Waals surface area (Å²) in [6.07, 6.45) is 0.794. The van der Waals surface area contributed by atoms with Gasteiger partial charge in [-0.15, -0.1) is 0 Å². The standard InChI is InChI=1S/C9H21N3O/c1-9(2,3)7(11)8(13)12-6-4-5-10/h7H,4-6,10-11H2,1-3H3,(H,12,13). The van der Waals surface area contributed by atoms with Gasteiger partial charge < -0.3 is 16.8 Å². The Hall–Kier alpha value is -0.610. The molecule has 0 rings (SSSR count). The Bertz CT molecular complexity index is 163. The van der Waals surface area contributed by atoms with Crippen molar-refractivity contribution in [3.8, 4) is 0 Å². The monoisotopic (exact) mass is 187 g/mol. The van der Waals surface area contributed by atoms with Gasteiger partial charge in [0.25, 0.3) is 0 Å². The summed E-state index contributed by atoms with van der Waals surface area (Å²) in [4.78, 5) is 11.4. The molecule has 4 nitrogen and oxygen atoms in total. The summed E-state index contributed by atoms with van der Waals surface area (Å²) in [5.74, 6) is -0.0963. The lowest BCUT2D eigenvalue weighted by Crippen LogP contribution is -2.48. The quantitative estimate of drug-likeness (QED) is 0.534. The average molecular weight is 187 g/mol. The maximum Gasteiger partial charge on any atom is 0.237 e. The number of amides is 1. The van der Waals surface area contributed by atoms with Gasteiger partial charge in [0, 0.05) is 6.54 Å². The molecule has 0 aliphatic carbocycles. The van der Waals surface area contributed by atoms with E-state index < -0.39 is 6.04 Å². The second kappa shape index (κ2) is 5.19. The van der Waals surface area contributed by atoms with Crippen LogP contribution in [0.3, 0.4) is 0 Å². The fourth-order valence-corrected chi connectivity index (χ4v) is 0.817. The van der Waals surface area contributed by atoms with Crippen molar-refractivity contribution < 1.29 is 4.79 Å². The van der Waals surface area contributed by atoms with Crippen LogP contribution in [0, 0.1) is 5.41 Å². The van der Waals surface area contributed by atoms with Gasteiger partial charge in [0.2, 0.25) is 5.91 Å². The molecule has 13 heavy (non-hydrogen) atoms. The predicted octanol–water partition coefficient (Wildman–Crippen LogP) is -0.175. The molecule has 0 bridgehead atoms. The molecular formula is C9H21N3O. The lowest BCUT2D eigenvalue weighted by molar-refractivity contribution is -0.124. The summed E-state index contributed by atoms with van der Waals surface area (Å²) in [6, 6.07) is -0.453. The summed E-state index contributed by atoms with van der Waals surface area (Å²) >= 11 is 0. The van der Waals surface area contributed by atoms with E-state index in [0.29, 0.717) is 13.1 Å². The van der Waals surface area contributed by atoms with Crippen LogP contribution in [0.4, 0.5) is 0 Å². The minimum absolute atomic E-state index is 0.0963. The van der Waals surface area contributed by atoms with Crippen molar-refractivity contribution in [1.82, 2.24) is 5.32 Å². The van der Waals surface area contributed by atoms with Gasteiger partial charge in [0.05, 0.1) is 6.04 Å². The highest BCUT2D eigenvalue weighted by molar-refractivity contribution is 5.82. The van der Waals surface area contributed by atoms with Crippen LogP contribution in [-0.2, 0) is 4.79 Å². The van der Waals surface area contributed by atoms with Gasteiger partial charge >= 0.3 is 0 Å². The third-order valence-corrected chi connectivity index (χ3v) is 1.90. The molecular weight excluding hydrogens is 166 g/mol. The Balaban J connectivity index is 3.84. The first-order chi connectivity index (χ1) is 5.89. The second-order valence-electron chi connectivity index (χ2n) is 4.28. The minimum atomic E-state index is -0.453. The van der Waals surface area contributed by atoms with Crippen LogP contribution in [0.5, 0.6) is 0 Å². The van der Waals surface area contributed by atoms with Crippen LogP contribution in [0.1, 0.15) is 27.2 Å². The maximum atomic E-state index is 11.4. The third kappa shape index (κ3) is 4.85. The van der Waals surface area contributed by atoms with E-state index in [1.807, 2.05) is 20.8 Å². The van der Waals surface area contributed by atoms with Crippen molar-refractivity contribution in [1.29, 1.82) is 0 Å². The van der Waals surface area contributed by atoms with Crippen LogP contribution in [0.2, 0.25) is 0 Å². The fourth-order valence-electron chi connectivity index (χ4n) is 0.817. The Kier molecular flexibility index (Phi) is 4.95. The average Bonchev–Trinajstić information content (AvgIpc) is 2.01. The first-order valence-electron chi connectivity index (χ1n) is 4.63.